The van der Waals surface area contributed by atoms with Crippen molar-refractivity contribution in [2.45, 2.75) is 19.4 Å². The Labute approximate surface area is 104 Å². The predicted molar refractivity (Wildman–Crippen MR) is 66.1 cm³/mol. The molecular weight excluding hydrogens is 232 g/mol. The van der Waals surface area contributed by atoms with E-state index < -0.39 is 6.04 Å². The van der Waals surface area contributed by atoms with Gasteiger partial charge < -0.3 is 11.1 Å². The Morgan fingerprint density at radius 3 is 2.94 bits per heavy atom. The Morgan fingerprint density at radius 2 is 2.39 bits per heavy atom. The predicted octanol–water partition coefficient (Wildman–Crippen LogP) is 0.338. The van der Waals surface area contributed by atoms with Gasteiger partial charge in [0.1, 0.15) is 12.7 Å². The van der Waals surface area contributed by atoms with Gasteiger partial charge in [0.15, 0.2) is 5.82 Å². The van der Waals surface area contributed by atoms with Crippen LogP contribution in [-0.4, -0.2) is 31.7 Å². The van der Waals surface area contributed by atoms with Gasteiger partial charge in [0.2, 0.25) is 5.91 Å². The number of pyridine rings is 1. The number of amides is 1. The van der Waals surface area contributed by atoms with E-state index in [2.05, 4.69) is 20.4 Å². The summed E-state index contributed by atoms with van der Waals surface area (Å²) in [5.41, 5.74) is 6.22. The standard InChI is InChI=1S/C11H14N6O/c1-2-9(12)11(18)16-8-3-4-10(14-5-8)17-7-13-6-15-17/h3-7,9H,2,12H2,1H3,(H,16,18)/t9-/m0/s1. The van der Waals surface area contributed by atoms with Crippen LogP contribution in [-0.2, 0) is 4.79 Å². The summed E-state index contributed by atoms with van der Waals surface area (Å²) in [5.74, 6) is 0.415. The molecule has 0 aliphatic carbocycles. The average Bonchev–Trinajstić information content (AvgIpc) is 2.92. The van der Waals surface area contributed by atoms with E-state index in [1.165, 1.54) is 11.0 Å². The highest BCUT2D eigenvalue weighted by Crippen LogP contribution is 2.09. The topological polar surface area (TPSA) is 98.7 Å². The Morgan fingerprint density at radius 1 is 1.56 bits per heavy atom. The first-order chi connectivity index (χ1) is 8.70. The van der Waals surface area contributed by atoms with Crippen molar-refractivity contribution >= 4 is 11.6 Å². The molecule has 0 saturated heterocycles. The SMILES string of the molecule is CC[C@H](N)C(=O)Nc1ccc(-n2cncn2)nc1. The molecule has 0 radical (unpaired) electrons. The van der Waals surface area contributed by atoms with Crippen molar-refractivity contribution in [1.29, 1.82) is 0 Å². The number of rotatable bonds is 4. The average molecular weight is 246 g/mol. The van der Waals surface area contributed by atoms with Gasteiger partial charge in [-0.15, -0.1) is 0 Å². The van der Waals surface area contributed by atoms with Crippen LogP contribution in [0.3, 0.4) is 0 Å². The van der Waals surface area contributed by atoms with Gasteiger partial charge >= 0.3 is 0 Å². The van der Waals surface area contributed by atoms with Crippen molar-refractivity contribution in [3.63, 3.8) is 0 Å². The highest BCUT2D eigenvalue weighted by atomic mass is 16.2. The molecule has 2 rings (SSSR count). The second-order valence-corrected chi connectivity index (χ2v) is 3.75. The van der Waals surface area contributed by atoms with Gasteiger partial charge in [-0.05, 0) is 18.6 Å². The van der Waals surface area contributed by atoms with Crippen LogP contribution in [0.2, 0.25) is 0 Å². The monoisotopic (exact) mass is 246 g/mol. The van der Waals surface area contributed by atoms with Crippen LogP contribution in [0, 0.1) is 0 Å². The fourth-order valence-electron chi connectivity index (χ4n) is 1.34. The molecule has 18 heavy (non-hydrogen) atoms. The normalized spacial score (nSPS) is 12.1. The minimum Gasteiger partial charge on any atom is -0.323 e. The first-order valence-corrected chi connectivity index (χ1v) is 5.58. The second-order valence-electron chi connectivity index (χ2n) is 3.75. The quantitative estimate of drug-likeness (QED) is 0.810. The summed E-state index contributed by atoms with van der Waals surface area (Å²) in [6.45, 7) is 1.86. The Kier molecular flexibility index (Phi) is 3.63. The highest BCUT2D eigenvalue weighted by Gasteiger charge is 2.11. The summed E-state index contributed by atoms with van der Waals surface area (Å²) in [7, 11) is 0. The number of aromatic nitrogens is 4. The molecule has 0 spiro atoms. The second kappa shape index (κ2) is 5.37. The molecule has 0 aliphatic heterocycles. The van der Waals surface area contributed by atoms with Crippen LogP contribution in [0.25, 0.3) is 5.82 Å². The third-order valence-electron chi connectivity index (χ3n) is 2.45. The molecule has 0 saturated carbocycles. The van der Waals surface area contributed by atoms with E-state index in [-0.39, 0.29) is 5.91 Å². The maximum absolute atomic E-state index is 11.6. The number of hydrogen-bond donors (Lipinski definition) is 2. The Bertz CT molecular complexity index is 507. The van der Waals surface area contributed by atoms with Crippen molar-refractivity contribution in [1.82, 2.24) is 19.7 Å². The molecule has 2 aromatic heterocycles. The molecule has 0 fully saturated rings. The first-order valence-electron chi connectivity index (χ1n) is 5.58. The molecule has 1 atom stereocenters. The van der Waals surface area contributed by atoms with Crippen molar-refractivity contribution in [3.05, 3.63) is 31.0 Å². The number of hydrogen-bond acceptors (Lipinski definition) is 5. The number of anilines is 1. The molecule has 0 bridgehead atoms. The molecule has 0 aliphatic rings. The number of nitrogens with two attached hydrogens (primary N) is 1. The molecular formula is C11H14N6O. The first kappa shape index (κ1) is 12.2. The van der Waals surface area contributed by atoms with Gasteiger partial charge in [-0.2, -0.15) is 5.10 Å². The van der Waals surface area contributed by atoms with Gasteiger partial charge in [-0.3, -0.25) is 4.79 Å². The van der Waals surface area contributed by atoms with Gasteiger partial charge in [0.25, 0.3) is 0 Å². The van der Waals surface area contributed by atoms with Gasteiger partial charge in [-0.25, -0.2) is 14.6 Å². The van der Waals surface area contributed by atoms with Gasteiger partial charge in [-0.1, -0.05) is 6.92 Å². The number of nitrogens with zero attached hydrogens (tertiary/aromatic N) is 4. The van der Waals surface area contributed by atoms with E-state index in [1.807, 2.05) is 6.92 Å². The van der Waals surface area contributed by atoms with Crippen LogP contribution < -0.4 is 11.1 Å². The summed E-state index contributed by atoms with van der Waals surface area (Å²) in [6.07, 6.45) is 5.12. The van der Waals surface area contributed by atoms with Gasteiger partial charge in [0, 0.05) is 0 Å². The molecule has 1 amide bonds. The fraction of sp³-hybridized carbons (Fsp3) is 0.273. The van der Waals surface area contributed by atoms with Crippen LogP contribution >= 0.6 is 0 Å². The Hall–Kier alpha value is -2.28. The molecule has 0 unspecified atom stereocenters. The lowest BCUT2D eigenvalue weighted by Gasteiger charge is -2.09. The molecule has 2 heterocycles. The van der Waals surface area contributed by atoms with E-state index in [0.29, 0.717) is 17.9 Å². The van der Waals surface area contributed by atoms with Crippen molar-refractivity contribution in [2.24, 2.45) is 5.73 Å². The molecule has 94 valence electrons. The van der Waals surface area contributed by atoms with E-state index in [1.54, 1.807) is 24.7 Å². The minimum atomic E-state index is -0.500. The molecule has 7 heteroatoms. The molecule has 7 nitrogen and oxygen atoms in total. The number of nitrogens with one attached hydrogen (secondary N) is 1. The summed E-state index contributed by atoms with van der Waals surface area (Å²) in [5, 5.41) is 6.65. The van der Waals surface area contributed by atoms with Crippen LogP contribution in [0.1, 0.15) is 13.3 Å². The van der Waals surface area contributed by atoms with Crippen molar-refractivity contribution in [2.75, 3.05) is 5.32 Å². The number of carbonyl (C=O) groups is 1. The van der Waals surface area contributed by atoms with Crippen LogP contribution in [0.15, 0.2) is 31.0 Å². The maximum Gasteiger partial charge on any atom is 0.241 e. The zero-order valence-corrected chi connectivity index (χ0v) is 9.95. The molecule has 3 N–H and O–H groups in total. The Balaban J connectivity index is 2.06. The fourth-order valence-corrected chi connectivity index (χ4v) is 1.34. The maximum atomic E-state index is 11.6. The number of carbonyl (C=O) groups excluding carboxylic acids is 1. The minimum absolute atomic E-state index is 0.215. The smallest absolute Gasteiger partial charge is 0.241 e. The van der Waals surface area contributed by atoms with Gasteiger partial charge in [0.05, 0.1) is 17.9 Å². The van der Waals surface area contributed by atoms with Crippen molar-refractivity contribution in [3.8, 4) is 5.82 Å². The zero-order valence-electron chi connectivity index (χ0n) is 9.95. The molecule has 2 aromatic rings. The lowest BCUT2D eigenvalue weighted by Crippen LogP contribution is -2.34. The van der Waals surface area contributed by atoms with Crippen molar-refractivity contribution < 1.29 is 4.79 Å². The van der Waals surface area contributed by atoms with E-state index in [9.17, 15) is 4.79 Å². The van der Waals surface area contributed by atoms with E-state index in [4.69, 9.17) is 5.73 Å². The lowest BCUT2D eigenvalue weighted by atomic mass is 10.2. The van der Waals surface area contributed by atoms with Crippen LogP contribution in [0.5, 0.6) is 0 Å². The van der Waals surface area contributed by atoms with Crippen LogP contribution in [0.4, 0.5) is 5.69 Å². The molecule has 0 aromatic carbocycles. The third kappa shape index (κ3) is 2.69. The summed E-state index contributed by atoms with van der Waals surface area (Å²) in [4.78, 5) is 19.6. The zero-order chi connectivity index (χ0) is 13.0. The summed E-state index contributed by atoms with van der Waals surface area (Å²) >= 11 is 0. The third-order valence-corrected chi connectivity index (χ3v) is 2.45. The lowest BCUT2D eigenvalue weighted by molar-refractivity contribution is -0.117. The van der Waals surface area contributed by atoms with E-state index >= 15 is 0 Å². The van der Waals surface area contributed by atoms with E-state index in [0.717, 1.165) is 0 Å². The highest BCUT2D eigenvalue weighted by molar-refractivity contribution is 5.94. The summed E-state index contributed by atoms with van der Waals surface area (Å²) < 4.78 is 1.53. The summed E-state index contributed by atoms with van der Waals surface area (Å²) in [6, 6.07) is 2.98. The largest absolute Gasteiger partial charge is 0.323 e.